The highest BCUT2D eigenvalue weighted by Crippen LogP contribution is 2.29. The largest absolute Gasteiger partial charge is 0.356 e. The van der Waals surface area contributed by atoms with Crippen LogP contribution < -0.4 is 5.32 Å². The first kappa shape index (κ1) is 18.2. The summed E-state index contributed by atoms with van der Waals surface area (Å²) in [5.74, 6) is -0.0937. The number of aryl methyl sites for hydroxylation is 1. The zero-order chi connectivity index (χ0) is 17.0. The first-order valence-corrected chi connectivity index (χ1v) is 9.66. The zero-order valence-corrected chi connectivity index (χ0v) is 15.1. The monoisotopic (exact) mass is 358 g/mol. The van der Waals surface area contributed by atoms with Crippen molar-refractivity contribution >= 4 is 27.5 Å². The fourth-order valence-electron chi connectivity index (χ4n) is 3.02. The van der Waals surface area contributed by atoms with Gasteiger partial charge in [0.05, 0.1) is 4.90 Å². The van der Waals surface area contributed by atoms with Crippen LogP contribution in [0.1, 0.15) is 38.2 Å². The highest BCUT2D eigenvalue weighted by atomic mass is 35.5. The molecule has 7 heteroatoms. The van der Waals surface area contributed by atoms with E-state index < -0.39 is 10.0 Å². The summed E-state index contributed by atoms with van der Waals surface area (Å²) in [5, 5.41) is 3.28. The Balaban J connectivity index is 2.22. The Labute approximate surface area is 143 Å². The van der Waals surface area contributed by atoms with E-state index in [0.29, 0.717) is 35.0 Å². The Morgan fingerprint density at radius 3 is 2.78 bits per heavy atom. The van der Waals surface area contributed by atoms with Gasteiger partial charge in [-0.2, -0.15) is 4.31 Å². The number of sulfonamides is 1. The van der Waals surface area contributed by atoms with Gasteiger partial charge in [0.2, 0.25) is 15.9 Å². The molecule has 128 valence electrons. The van der Waals surface area contributed by atoms with Crippen molar-refractivity contribution in [2.75, 3.05) is 13.1 Å². The van der Waals surface area contributed by atoms with Crippen LogP contribution in [0.2, 0.25) is 5.02 Å². The molecule has 0 aliphatic carbocycles. The number of nitrogens with one attached hydrogen (secondary N) is 1. The van der Waals surface area contributed by atoms with Crippen LogP contribution in [0.3, 0.4) is 0 Å². The van der Waals surface area contributed by atoms with E-state index in [0.717, 1.165) is 19.3 Å². The summed E-state index contributed by atoms with van der Waals surface area (Å²) in [6.07, 6.45) is 3.33. The number of carbonyl (C=O) groups excluding carboxylic acids is 1. The summed E-state index contributed by atoms with van der Waals surface area (Å²) in [5.41, 5.74) is 0.656. The van der Waals surface area contributed by atoms with Crippen molar-refractivity contribution in [2.45, 2.75) is 50.5 Å². The SMILES string of the molecule is CC(=O)NCC[C@@H]1CCCCN1S(=O)(=O)c1ccc(Cl)cc1C. The Kier molecular flexibility index (Phi) is 6.06. The number of hydrogen-bond donors (Lipinski definition) is 1. The molecule has 23 heavy (non-hydrogen) atoms. The third-order valence-electron chi connectivity index (χ3n) is 4.15. The minimum Gasteiger partial charge on any atom is -0.356 e. The number of amides is 1. The molecule has 1 atom stereocenters. The molecule has 1 amide bonds. The van der Waals surface area contributed by atoms with E-state index in [4.69, 9.17) is 11.6 Å². The number of halogens is 1. The summed E-state index contributed by atoms with van der Waals surface area (Å²) in [6, 6.07) is 4.78. The van der Waals surface area contributed by atoms with Crippen molar-refractivity contribution in [3.8, 4) is 0 Å². The second kappa shape index (κ2) is 7.64. The summed E-state index contributed by atoms with van der Waals surface area (Å²) in [6.45, 7) is 4.24. The predicted octanol–water partition coefficient (Wildman–Crippen LogP) is 2.72. The highest BCUT2D eigenvalue weighted by Gasteiger charge is 2.34. The molecule has 1 aliphatic heterocycles. The van der Waals surface area contributed by atoms with E-state index in [1.165, 1.54) is 6.92 Å². The molecule has 0 unspecified atom stereocenters. The van der Waals surface area contributed by atoms with Crippen LogP contribution >= 0.6 is 11.6 Å². The van der Waals surface area contributed by atoms with Crippen LogP contribution in [0, 0.1) is 6.92 Å². The number of carbonyl (C=O) groups is 1. The number of rotatable bonds is 5. The average Bonchev–Trinajstić information content (AvgIpc) is 2.46. The first-order valence-electron chi connectivity index (χ1n) is 7.85. The lowest BCUT2D eigenvalue weighted by Crippen LogP contribution is -2.45. The van der Waals surface area contributed by atoms with Gasteiger partial charge in [-0.1, -0.05) is 18.0 Å². The van der Waals surface area contributed by atoms with E-state index in [9.17, 15) is 13.2 Å². The van der Waals surface area contributed by atoms with Crippen molar-refractivity contribution in [1.29, 1.82) is 0 Å². The number of piperidine rings is 1. The van der Waals surface area contributed by atoms with Crippen molar-refractivity contribution in [3.63, 3.8) is 0 Å². The van der Waals surface area contributed by atoms with Crippen molar-refractivity contribution in [1.82, 2.24) is 9.62 Å². The number of hydrogen-bond acceptors (Lipinski definition) is 3. The maximum absolute atomic E-state index is 13.0. The van der Waals surface area contributed by atoms with E-state index >= 15 is 0 Å². The van der Waals surface area contributed by atoms with Gasteiger partial charge in [0.1, 0.15) is 0 Å². The molecule has 2 rings (SSSR count). The Morgan fingerprint density at radius 1 is 1.39 bits per heavy atom. The van der Waals surface area contributed by atoms with E-state index in [2.05, 4.69) is 5.32 Å². The molecule has 0 spiro atoms. The Morgan fingerprint density at radius 2 is 2.13 bits per heavy atom. The van der Waals surface area contributed by atoms with Crippen molar-refractivity contribution in [2.24, 2.45) is 0 Å². The second-order valence-corrected chi connectivity index (χ2v) is 8.24. The van der Waals surface area contributed by atoms with Crippen molar-refractivity contribution in [3.05, 3.63) is 28.8 Å². The molecule has 0 saturated carbocycles. The van der Waals surface area contributed by atoms with Crippen LogP contribution in [0.15, 0.2) is 23.1 Å². The van der Waals surface area contributed by atoms with Gasteiger partial charge in [-0.15, -0.1) is 0 Å². The second-order valence-electron chi connectivity index (χ2n) is 5.95. The quantitative estimate of drug-likeness (QED) is 0.880. The minimum atomic E-state index is -3.55. The van der Waals surface area contributed by atoms with Gasteiger partial charge < -0.3 is 5.32 Å². The lowest BCUT2D eigenvalue weighted by atomic mass is 10.0. The Bertz CT molecular complexity index is 676. The molecular weight excluding hydrogens is 336 g/mol. The molecule has 0 radical (unpaired) electrons. The zero-order valence-electron chi connectivity index (χ0n) is 13.5. The highest BCUT2D eigenvalue weighted by molar-refractivity contribution is 7.89. The molecule has 1 N–H and O–H groups in total. The predicted molar refractivity (Wildman–Crippen MR) is 91.0 cm³/mol. The molecule has 0 bridgehead atoms. The fourth-order valence-corrected chi connectivity index (χ4v) is 5.18. The summed E-state index contributed by atoms with van der Waals surface area (Å²) in [4.78, 5) is 11.3. The lowest BCUT2D eigenvalue weighted by molar-refractivity contribution is -0.119. The Hall–Kier alpha value is -1.11. The lowest BCUT2D eigenvalue weighted by Gasteiger charge is -2.35. The van der Waals surface area contributed by atoms with Gasteiger partial charge in [-0.05, 0) is 49.9 Å². The third-order valence-corrected chi connectivity index (χ3v) is 6.50. The van der Waals surface area contributed by atoms with Gasteiger partial charge in [-0.3, -0.25) is 4.79 Å². The fraction of sp³-hybridized carbons (Fsp3) is 0.562. The van der Waals surface area contributed by atoms with E-state index in [1.807, 2.05) is 0 Å². The number of nitrogens with zero attached hydrogens (tertiary/aromatic N) is 1. The first-order chi connectivity index (χ1) is 10.8. The van der Waals surface area contributed by atoms with Crippen LogP contribution in [0.4, 0.5) is 0 Å². The molecule has 1 aromatic carbocycles. The maximum atomic E-state index is 13.0. The van der Waals surface area contributed by atoms with E-state index in [-0.39, 0.29) is 11.9 Å². The topological polar surface area (TPSA) is 66.5 Å². The van der Waals surface area contributed by atoms with Crippen LogP contribution in [0.5, 0.6) is 0 Å². The summed E-state index contributed by atoms with van der Waals surface area (Å²) >= 11 is 5.93. The molecular formula is C16H23ClN2O3S. The molecule has 1 heterocycles. The molecule has 1 saturated heterocycles. The van der Waals surface area contributed by atoms with Crippen LogP contribution in [0.25, 0.3) is 0 Å². The summed E-state index contributed by atoms with van der Waals surface area (Å²) < 4.78 is 27.6. The molecule has 1 fully saturated rings. The van der Waals surface area contributed by atoms with E-state index in [1.54, 1.807) is 29.4 Å². The molecule has 5 nitrogen and oxygen atoms in total. The minimum absolute atomic E-state index is 0.0734. The molecule has 1 aliphatic rings. The standard InChI is InChI=1S/C16H23ClN2O3S/c1-12-11-14(17)6-7-16(12)23(21,22)19-10-4-3-5-15(19)8-9-18-13(2)20/h6-7,11,15H,3-5,8-10H2,1-2H3,(H,18,20)/t15-/m0/s1. The molecule has 1 aromatic rings. The van der Waals surface area contributed by atoms with Gasteiger partial charge >= 0.3 is 0 Å². The van der Waals surface area contributed by atoms with Crippen LogP contribution in [-0.4, -0.2) is 37.8 Å². The average molecular weight is 359 g/mol. The third kappa shape index (κ3) is 4.46. The van der Waals surface area contributed by atoms with Gasteiger partial charge in [-0.25, -0.2) is 8.42 Å². The normalized spacial score (nSPS) is 19.5. The molecule has 0 aromatic heterocycles. The maximum Gasteiger partial charge on any atom is 0.243 e. The van der Waals surface area contributed by atoms with Gasteiger partial charge in [0.15, 0.2) is 0 Å². The summed E-state index contributed by atoms with van der Waals surface area (Å²) in [7, 11) is -3.55. The van der Waals surface area contributed by atoms with Gasteiger partial charge in [0.25, 0.3) is 0 Å². The van der Waals surface area contributed by atoms with Crippen molar-refractivity contribution < 1.29 is 13.2 Å². The van der Waals surface area contributed by atoms with Gasteiger partial charge in [0, 0.05) is 31.1 Å². The smallest absolute Gasteiger partial charge is 0.243 e. The van der Waals surface area contributed by atoms with Crippen LogP contribution in [-0.2, 0) is 14.8 Å². The number of benzene rings is 1.